The number of primary sulfonamides is 1. The van der Waals surface area contributed by atoms with Gasteiger partial charge in [0, 0.05) is 16.2 Å². The Morgan fingerprint density at radius 2 is 1.41 bits per heavy atom. The SMILES string of the molecule is [N-]=[N+]=Nc1ccc(-c2ccc(-c3cc(C(F)(F)F)nn3-c3ccc(S(N)(=O)=O)cc3)cc2)cc1. The molecule has 1 aromatic heterocycles. The van der Waals surface area contributed by atoms with Crippen molar-refractivity contribution in [2.75, 3.05) is 0 Å². The van der Waals surface area contributed by atoms with Crippen LogP contribution in [0.2, 0.25) is 0 Å². The van der Waals surface area contributed by atoms with Crippen LogP contribution in [0.15, 0.2) is 88.9 Å². The van der Waals surface area contributed by atoms with Crippen LogP contribution >= 0.6 is 0 Å². The lowest BCUT2D eigenvalue weighted by Gasteiger charge is -2.09. The molecule has 0 aliphatic carbocycles. The Labute approximate surface area is 191 Å². The topological polar surface area (TPSA) is 127 Å². The molecule has 4 rings (SSSR count). The van der Waals surface area contributed by atoms with E-state index in [1.807, 2.05) is 0 Å². The number of sulfonamides is 1. The maximum atomic E-state index is 13.4. The van der Waals surface area contributed by atoms with Gasteiger partial charge in [0.15, 0.2) is 5.69 Å². The zero-order valence-electron chi connectivity index (χ0n) is 17.2. The highest BCUT2D eigenvalue weighted by molar-refractivity contribution is 7.89. The van der Waals surface area contributed by atoms with Crippen molar-refractivity contribution >= 4 is 15.7 Å². The summed E-state index contributed by atoms with van der Waals surface area (Å²) in [7, 11) is -3.95. The molecule has 0 saturated heterocycles. The minimum atomic E-state index is -4.67. The van der Waals surface area contributed by atoms with Gasteiger partial charge in [0.25, 0.3) is 0 Å². The van der Waals surface area contributed by atoms with Crippen LogP contribution < -0.4 is 5.14 Å². The summed E-state index contributed by atoms with van der Waals surface area (Å²) < 4.78 is 64.3. The van der Waals surface area contributed by atoms with E-state index in [1.165, 1.54) is 24.3 Å². The van der Waals surface area contributed by atoms with Gasteiger partial charge in [-0.2, -0.15) is 18.3 Å². The van der Waals surface area contributed by atoms with Gasteiger partial charge in [-0.25, -0.2) is 18.2 Å². The van der Waals surface area contributed by atoms with E-state index in [2.05, 4.69) is 15.1 Å². The molecule has 4 aromatic rings. The Bertz CT molecular complexity index is 1490. The number of halogens is 3. The number of alkyl halides is 3. The fraction of sp³-hybridized carbons (Fsp3) is 0.0455. The van der Waals surface area contributed by atoms with Crippen LogP contribution in [-0.4, -0.2) is 18.2 Å². The molecule has 12 heteroatoms. The van der Waals surface area contributed by atoms with E-state index in [0.717, 1.165) is 21.9 Å². The number of rotatable bonds is 5. The fourth-order valence-electron chi connectivity index (χ4n) is 3.30. The van der Waals surface area contributed by atoms with Crippen molar-refractivity contribution in [2.24, 2.45) is 10.3 Å². The molecule has 2 N–H and O–H groups in total. The number of nitrogens with zero attached hydrogens (tertiary/aromatic N) is 5. The average molecular weight is 484 g/mol. The van der Waals surface area contributed by atoms with Crippen molar-refractivity contribution in [1.82, 2.24) is 9.78 Å². The quantitative estimate of drug-likeness (QED) is 0.218. The summed E-state index contributed by atoms with van der Waals surface area (Å²) in [6.07, 6.45) is -4.67. The lowest BCUT2D eigenvalue weighted by Crippen LogP contribution is -2.12. The van der Waals surface area contributed by atoms with E-state index in [-0.39, 0.29) is 16.3 Å². The first kappa shape index (κ1) is 23.1. The lowest BCUT2D eigenvalue weighted by atomic mass is 10.0. The second-order valence-corrected chi connectivity index (χ2v) is 8.74. The van der Waals surface area contributed by atoms with Gasteiger partial charge in [-0.05, 0) is 47.0 Å². The molecular formula is C22H15F3N6O2S. The summed E-state index contributed by atoms with van der Waals surface area (Å²) in [6.45, 7) is 0. The maximum absolute atomic E-state index is 13.4. The van der Waals surface area contributed by atoms with Crippen LogP contribution in [0.5, 0.6) is 0 Å². The monoisotopic (exact) mass is 484 g/mol. The largest absolute Gasteiger partial charge is 0.435 e. The Morgan fingerprint density at radius 1 is 0.882 bits per heavy atom. The first-order valence-corrected chi connectivity index (χ1v) is 11.2. The predicted molar refractivity (Wildman–Crippen MR) is 120 cm³/mol. The molecule has 0 bridgehead atoms. The molecule has 0 unspecified atom stereocenters. The molecule has 0 radical (unpaired) electrons. The molecule has 0 spiro atoms. The number of benzene rings is 3. The van der Waals surface area contributed by atoms with Crippen LogP contribution in [-0.2, 0) is 16.2 Å². The molecule has 0 fully saturated rings. The predicted octanol–water partition coefficient (Wildman–Crippen LogP) is 5.81. The number of hydrogen-bond donors (Lipinski definition) is 1. The van der Waals surface area contributed by atoms with Crippen LogP contribution in [0.3, 0.4) is 0 Å². The van der Waals surface area contributed by atoms with E-state index in [4.69, 9.17) is 10.7 Å². The van der Waals surface area contributed by atoms with Crippen molar-refractivity contribution in [3.63, 3.8) is 0 Å². The zero-order valence-corrected chi connectivity index (χ0v) is 18.0. The number of hydrogen-bond acceptors (Lipinski definition) is 4. The number of nitrogens with two attached hydrogens (primary N) is 1. The Kier molecular flexibility index (Phi) is 5.88. The van der Waals surface area contributed by atoms with Crippen LogP contribution in [0.1, 0.15) is 5.69 Å². The van der Waals surface area contributed by atoms with Crippen LogP contribution in [0, 0.1) is 0 Å². The van der Waals surface area contributed by atoms with Crippen molar-refractivity contribution in [1.29, 1.82) is 0 Å². The van der Waals surface area contributed by atoms with E-state index >= 15 is 0 Å². The molecule has 0 atom stereocenters. The van der Waals surface area contributed by atoms with E-state index in [1.54, 1.807) is 48.5 Å². The van der Waals surface area contributed by atoms with Gasteiger partial charge in [-0.1, -0.05) is 53.6 Å². The maximum Gasteiger partial charge on any atom is 0.435 e. The van der Waals surface area contributed by atoms with Gasteiger partial charge in [0.05, 0.1) is 16.3 Å². The molecule has 34 heavy (non-hydrogen) atoms. The summed E-state index contributed by atoms with van der Waals surface area (Å²) in [6, 6.07) is 19.6. The van der Waals surface area contributed by atoms with E-state index in [0.29, 0.717) is 11.3 Å². The zero-order chi connectivity index (χ0) is 24.5. The first-order valence-electron chi connectivity index (χ1n) is 9.63. The van der Waals surface area contributed by atoms with Crippen LogP contribution in [0.4, 0.5) is 18.9 Å². The van der Waals surface area contributed by atoms with Gasteiger partial charge < -0.3 is 0 Å². The second kappa shape index (κ2) is 8.67. The third kappa shape index (κ3) is 4.79. The molecule has 3 aromatic carbocycles. The minimum Gasteiger partial charge on any atom is -0.233 e. The highest BCUT2D eigenvalue weighted by atomic mass is 32.2. The summed E-state index contributed by atoms with van der Waals surface area (Å²) in [5, 5.41) is 12.3. The summed E-state index contributed by atoms with van der Waals surface area (Å²) >= 11 is 0. The molecule has 0 aliphatic heterocycles. The molecule has 0 amide bonds. The highest BCUT2D eigenvalue weighted by Gasteiger charge is 2.35. The second-order valence-electron chi connectivity index (χ2n) is 7.18. The van der Waals surface area contributed by atoms with Crippen LogP contribution in [0.25, 0.3) is 38.5 Å². The Balaban J connectivity index is 1.75. The molecule has 8 nitrogen and oxygen atoms in total. The molecule has 0 saturated carbocycles. The van der Waals surface area contributed by atoms with Gasteiger partial charge >= 0.3 is 6.18 Å². The Hall–Kier alpha value is -4.12. The van der Waals surface area contributed by atoms with Gasteiger partial charge in [-0.3, -0.25) is 0 Å². The lowest BCUT2D eigenvalue weighted by molar-refractivity contribution is -0.141. The summed E-state index contributed by atoms with van der Waals surface area (Å²) in [5.74, 6) is 0. The highest BCUT2D eigenvalue weighted by Crippen LogP contribution is 2.34. The number of aromatic nitrogens is 2. The smallest absolute Gasteiger partial charge is 0.233 e. The molecule has 172 valence electrons. The standard InChI is InChI=1S/C22H15F3N6O2S/c23-22(24,25)21-13-20(31(29-21)18-9-11-19(12-10-18)34(27,32)33)16-3-1-14(2-4-16)15-5-7-17(8-6-15)28-30-26/h1-13H,(H2,27,32,33). The molecule has 0 aliphatic rings. The molecular weight excluding hydrogens is 469 g/mol. The average Bonchev–Trinajstić information content (AvgIpc) is 3.26. The van der Waals surface area contributed by atoms with Gasteiger partial charge in [0.1, 0.15) is 0 Å². The first-order chi connectivity index (χ1) is 16.1. The normalized spacial score (nSPS) is 11.8. The summed E-state index contributed by atoms with van der Waals surface area (Å²) in [4.78, 5) is 2.55. The van der Waals surface area contributed by atoms with E-state index in [9.17, 15) is 21.6 Å². The van der Waals surface area contributed by atoms with Crippen molar-refractivity contribution in [2.45, 2.75) is 11.1 Å². The van der Waals surface area contributed by atoms with Crippen molar-refractivity contribution in [3.05, 3.63) is 95.0 Å². The third-order valence-corrected chi connectivity index (χ3v) is 5.88. The van der Waals surface area contributed by atoms with Gasteiger partial charge in [-0.15, -0.1) is 0 Å². The van der Waals surface area contributed by atoms with Crippen molar-refractivity contribution < 1.29 is 21.6 Å². The van der Waals surface area contributed by atoms with E-state index < -0.39 is 21.9 Å². The van der Waals surface area contributed by atoms with Crippen molar-refractivity contribution in [3.8, 4) is 28.1 Å². The Morgan fingerprint density at radius 3 is 1.91 bits per heavy atom. The summed E-state index contributed by atoms with van der Waals surface area (Å²) in [5.41, 5.74) is 10.4. The fourth-order valence-corrected chi connectivity index (χ4v) is 3.82. The molecule has 1 heterocycles. The minimum absolute atomic E-state index is 0.168. The third-order valence-electron chi connectivity index (χ3n) is 4.95. The van der Waals surface area contributed by atoms with Gasteiger partial charge in [0.2, 0.25) is 10.0 Å². The number of azide groups is 1.